The van der Waals surface area contributed by atoms with Crippen LogP contribution in [-0.4, -0.2) is 5.78 Å². The summed E-state index contributed by atoms with van der Waals surface area (Å²) < 4.78 is 5.75. The molecule has 1 heterocycles. The summed E-state index contributed by atoms with van der Waals surface area (Å²) in [6.07, 6.45) is 7.07. The highest BCUT2D eigenvalue weighted by molar-refractivity contribution is 6.07. The fraction of sp³-hybridized carbons (Fsp3) is 0.533. The molecule has 1 saturated carbocycles. The normalized spacial score (nSPS) is 31.8. The standard InChI is InChI=1S/C15H18O2/c1-9-7-12(16)13-10(2)8-17-14(13)15(3)6-4-5-11(9)15/h7-8,11H,4-6H2,1-3H3/t11-,15+/m0/s1. The lowest BCUT2D eigenvalue weighted by Gasteiger charge is -2.29. The largest absolute Gasteiger partial charge is 0.468 e. The van der Waals surface area contributed by atoms with Gasteiger partial charge in [-0.2, -0.15) is 0 Å². The summed E-state index contributed by atoms with van der Waals surface area (Å²) in [5, 5.41) is 0. The highest BCUT2D eigenvalue weighted by atomic mass is 16.3. The molecular formula is C15H18O2. The number of aryl methyl sites for hydroxylation is 1. The maximum absolute atomic E-state index is 12.2. The summed E-state index contributed by atoms with van der Waals surface area (Å²) in [4.78, 5) is 12.2. The number of carbonyl (C=O) groups is 1. The molecule has 2 atom stereocenters. The molecule has 2 aliphatic carbocycles. The summed E-state index contributed by atoms with van der Waals surface area (Å²) in [7, 11) is 0. The maximum Gasteiger partial charge on any atom is 0.189 e. The summed E-state index contributed by atoms with van der Waals surface area (Å²) >= 11 is 0. The highest BCUT2D eigenvalue weighted by Gasteiger charge is 2.47. The minimum absolute atomic E-state index is 0.0241. The van der Waals surface area contributed by atoms with Gasteiger partial charge in [0.25, 0.3) is 0 Å². The number of hydrogen-bond donors (Lipinski definition) is 0. The molecule has 0 N–H and O–H groups in total. The second-order valence-corrected chi connectivity index (χ2v) is 5.74. The molecule has 90 valence electrons. The predicted molar refractivity (Wildman–Crippen MR) is 66.2 cm³/mol. The number of carbonyl (C=O) groups excluding carboxylic acids is 1. The minimum Gasteiger partial charge on any atom is -0.468 e. The zero-order chi connectivity index (χ0) is 12.2. The topological polar surface area (TPSA) is 30.2 Å². The van der Waals surface area contributed by atoms with E-state index in [4.69, 9.17) is 4.42 Å². The van der Waals surface area contributed by atoms with Crippen molar-refractivity contribution in [3.63, 3.8) is 0 Å². The Bertz CT molecular complexity index is 521. The van der Waals surface area contributed by atoms with E-state index >= 15 is 0 Å². The van der Waals surface area contributed by atoms with Crippen LogP contribution in [0.2, 0.25) is 0 Å². The average molecular weight is 230 g/mol. The number of ketones is 1. The number of fused-ring (bicyclic) bond motifs is 3. The van der Waals surface area contributed by atoms with Gasteiger partial charge in [0.1, 0.15) is 5.76 Å². The lowest BCUT2D eigenvalue weighted by Crippen LogP contribution is -2.27. The zero-order valence-corrected chi connectivity index (χ0v) is 10.7. The van der Waals surface area contributed by atoms with Crippen LogP contribution in [0.1, 0.15) is 54.8 Å². The van der Waals surface area contributed by atoms with E-state index in [9.17, 15) is 4.79 Å². The van der Waals surface area contributed by atoms with Crippen molar-refractivity contribution in [3.8, 4) is 0 Å². The molecule has 2 nitrogen and oxygen atoms in total. The fourth-order valence-electron chi connectivity index (χ4n) is 3.72. The Balaban J connectivity index is 2.29. The van der Waals surface area contributed by atoms with Crippen LogP contribution >= 0.6 is 0 Å². The van der Waals surface area contributed by atoms with E-state index < -0.39 is 0 Å². The minimum atomic E-state index is 0.0241. The number of furan rings is 1. The molecule has 0 amide bonds. The van der Waals surface area contributed by atoms with Crippen molar-refractivity contribution in [3.05, 3.63) is 34.8 Å². The monoisotopic (exact) mass is 230 g/mol. The van der Waals surface area contributed by atoms with Crippen LogP contribution in [0, 0.1) is 12.8 Å². The van der Waals surface area contributed by atoms with Gasteiger partial charge in [-0.3, -0.25) is 4.79 Å². The van der Waals surface area contributed by atoms with Gasteiger partial charge in [-0.1, -0.05) is 18.9 Å². The van der Waals surface area contributed by atoms with Crippen molar-refractivity contribution in [1.29, 1.82) is 0 Å². The van der Waals surface area contributed by atoms with E-state index in [-0.39, 0.29) is 11.2 Å². The van der Waals surface area contributed by atoms with Crippen molar-refractivity contribution in [2.75, 3.05) is 0 Å². The SMILES string of the molecule is CC1=CC(=O)c2c(C)coc2[C@]2(C)CCC[C@@H]12. The van der Waals surface area contributed by atoms with Crippen molar-refractivity contribution < 1.29 is 9.21 Å². The predicted octanol–water partition coefficient (Wildman–Crippen LogP) is 3.79. The van der Waals surface area contributed by atoms with Crippen LogP contribution in [0.15, 0.2) is 22.3 Å². The second kappa shape index (κ2) is 3.34. The quantitative estimate of drug-likeness (QED) is 0.678. The molecule has 2 aliphatic rings. The first kappa shape index (κ1) is 10.8. The molecule has 1 aromatic heterocycles. The molecule has 0 spiro atoms. The van der Waals surface area contributed by atoms with Crippen molar-refractivity contribution in [2.24, 2.45) is 5.92 Å². The zero-order valence-electron chi connectivity index (χ0n) is 10.7. The first-order valence-corrected chi connectivity index (χ1v) is 6.35. The molecule has 0 radical (unpaired) electrons. The maximum atomic E-state index is 12.2. The Morgan fingerprint density at radius 1 is 1.41 bits per heavy atom. The third-order valence-electron chi connectivity index (χ3n) is 4.61. The molecule has 1 fully saturated rings. The summed E-state index contributed by atoms with van der Waals surface area (Å²) in [5.41, 5.74) is 3.04. The van der Waals surface area contributed by atoms with Crippen LogP contribution in [-0.2, 0) is 5.41 Å². The molecule has 1 aromatic rings. The van der Waals surface area contributed by atoms with Crippen molar-refractivity contribution in [2.45, 2.75) is 45.4 Å². The van der Waals surface area contributed by atoms with Gasteiger partial charge >= 0.3 is 0 Å². The molecule has 3 rings (SSSR count). The van der Waals surface area contributed by atoms with Gasteiger partial charge in [0.05, 0.1) is 11.8 Å². The Morgan fingerprint density at radius 3 is 2.94 bits per heavy atom. The molecular weight excluding hydrogens is 212 g/mol. The smallest absolute Gasteiger partial charge is 0.189 e. The van der Waals surface area contributed by atoms with E-state index in [1.807, 2.05) is 13.0 Å². The van der Waals surface area contributed by atoms with Gasteiger partial charge < -0.3 is 4.42 Å². The number of allylic oxidation sites excluding steroid dienone is 2. The Labute approximate surface area is 102 Å². The molecule has 0 saturated heterocycles. The van der Waals surface area contributed by atoms with E-state index in [0.717, 1.165) is 23.3 Å². The van der Waals surface area contributed by atoms with Crippen molar-refractivity contribution >= 4 is 5.78 Å². The molecule has 17 heavy (non-hydrogen) atoms. The third kappa shape index (κ3) is 1.30. The molecule has 0 aliphatic heterocycles. The van der Waals surface area contributed by atoms with Crippen LogP contribution in [0.4, 0.5) is 0 Å². The van der Waals surface area contributed by atoms with Crippen LogP contribution < -0.4 is 0 Å². The Hall–Kier alpha value is -1.31. The first-order valence-electron chi connectivity index (χ1n) is 6.35. The lowest BCUT2D eigenvalue weighted by atomic mass is 9.74. The molecule has 0 aromatic carbocycles. The molecule has 0 bridgehead atoms. The van der Waals surface area contributed by atoms with Crippen LogP contribution in [0.3, 0.4) is 0 Å². The summed E-state index contributed by atoms with van der Waals surface area (Å²) in [6.45, 7) is 6.30. The van der Waals surface area contributed by atoms with Crippen molar-refractivity contribution in [1.82, 2.24) is 0 Å². The number of rotatable bonds is 0. The fourth-order valence-corrected chi connectivity index (χ4v) is 3.72. The van der Waals surface area contributed by atoms with E-state index in [0.29, 0.717) is 5.92 Å². The second-order valence-electron chi connectivity index (χ2n) is 5.74. The Kier molecular flexibility index (Phi) is 2.13. The van der Waals surface area contributed by atoms with Gasteiger partial charge in [0, 0.05) is 5.41 Å². The number of hydrogen-bond acceptors (Lipinski definition) is 2. The lowest BCUT2D eigenvalue weighted by molar-refractivity contribution is 0.104. The highest BCUT2D eigenvalue weighted by Crippen LogP contribution is 2.51. The molecule has 0 unspecified atom stereocenters. The summed E-state index contributed by atoms with van der Waals surface area (Å²) in [5.74, 6) is 1.52. The van der Waals surface area contributed by atoms with Crippen LogP contribution in [0.25, 0.3) is 0 Å². The molecule has 2 heteroatoms. The average Bonchev–Trinajstić information content (AvgIpc) is 2.80. The first-order chi connectivity index (χ1) is 8.04. The van der Waals surface area contributed by atoms with Gasteiger partial charge in [-0.25, -0.2) is 0 Å². The third-order valence-corrected chi connectivity index (χ3v) is 4.61. The van der Waals surface area contributed by atoms with E-state index in [2.05, 4.69) is 13.8 Å². The van der Waals surface area contributed by atoms with Crippen LogP contribution in [0.5, 0.6) is 0 Å². The van der Waals surface area contributed by atoms with Gasteiger partial charge in [-0.15, -0.1) is 0 Å². The summed E-state index contributed by atoms with van der Waals surface area (Å²) in [6, 6.07) is 0. The van der Waals surface area contributed by atoms with Gasteiger partial charge in [0.15, 0.2) is 5.78 Å². The van der Waals surface area contributed by atoms with Gasteiger partial charge in [0.2, 0.25) is 0 Å². The van der Waals surface area contributed by atoms with E-state index in [1.54, 1.807) is 6.26 Å². The van der Waals surface area contributed by atoms with E-state index in [1.165, 1.54) is 18.4 Å². The van der Waals surface area contributed by atoms with Gasteiger partial charge in [-0.05, 0) is 44.2 Å². The Morgan fingerprint density at radius 2 is 2.18 bits per heavy atom.